The second kappa shape index (κ2) is 7.61. The van der Waals surface area contributed by atoms with E-state index in [2.05, 4.69) is 6.07 Å². The Morgan fingerprint density at radius 1 is 1.15 bits per heavy atom. The Morgan fingerprint density at radius 2 is 1.81 bits per heavy atom. The molecule has 0 amide bonds. The summed E-state index contributed by atoms with van der Waals surface area (Å²) in [6.07, 6.45) is 3.16. The van der Waals surface area contributed by atoms with E-state index in [0.29, 0.717) is 10.5 Å². The van der Waals surface area contributed by atoms with E-state index < -0.39 is 26.2 Å². The van der Waals surface area contributed by atoms with E-state index in [0.717, 1.165) is 16.7 Å². The molecule has 1 aliphatic rings. The minimum Gasteiger partial charge on any atom is -0.273 e. The van der Waals surface area contributed by atoms with Crippen LogP contribution in [0.15, 0.2) is 70.5 Å². The van der Waals surface area contributed by atoms with E-state index in [4.69, 9.17) is 8.96 Å². The summed E-state index contributed by atoms with van der Waals surface area (Å²) < 4.78 is 38.7. The summed E-state index contributed by atoms with van der Waals surface area (Å²) in [7, 11) is -5.31. The maximum atomic E-state index is 12.5. The van der Waals surface area contributed by atoms with Crippen LogP contribution in [0, 0.1) is 30.0 Å². The number of nitrogens with zero attached hydrogens (tertiary/aromatic N) is 1. The predicted octanol–water partition coefficient (Wildman–Crippen LogP) is 4.22. The van der Waals surface area contributed by atoms with Gasteiger partial charge >= 0.3 is 0 Å². The highest BCUT2D eigenvalue weighted by Crippen LogP contribution is 2.32. The Labute approximate surface area is 161 Å². The van der Waals surface area contributed by atoms with Gasteiger partial charge in [-0.3, -0.25) is 4.78 Å². The van der Waals surface area contributed by atoms with Gasteiger partial charge in [-0.15, -0.1) is 0 Å². The van der Waals surface area contributed by atoms with Gasteiger partial charge in [-0.2, -0.15) is 13.7 Å². The molecule has 2 atom stereocenters. The third-order valence-electron chi connectivity index (χ3n) is 4.18. The lowest BCUT2D eigenvalue weighted by Crippen LogP contribution is -2.18. The summed E-state index contributed by atoms with van der Waals surface area (Å²) in [5.74, 6) is 0. The molecule has 3 rings (SSSR count). The second-order valence-electron chi connectivity index (χ2n) is 6.09. The first-order valence-electron chi connectivity index (χ1n) is 8.16. The van der Waals surface area contributed by atoms with Gasteiger partial charge in [-0.25, -0.2) is 4.18 Å². The number of nitrogens with one attached hydrogen (secondary N) is 1. The molecule has 0 fully saturated rings. The van der Waals surface area contributed by atoms with Crippen molar-refractivity contribution in [3.63, 3.8) is 0 Å². The molecule has 1 N–H and O–H groups in total. The SMILES string of the molecule is Cc1ccc(S(=O)(=O)OC2C=CC(=C(C#N)c3ccccc3C)S2=N)cc1. The van der Waals surface area contributed by atoms with Gasteiger partial charge in [0.15, 0.2) is 5.44 Å². The summed E-state index contributed by atoms with van der Waals surface area (Å²) >= 11 is 0. The summed E-state index contributed by atoms with van der Waals surface area (Å²) in [5, 5.41) is 9.63. The number of aryl methyl sites for hydroxylation is 2. The number of benzene rings is 2. The summed E-state index contributed by atoms with van der Waals surface area (Å²) in [4.78, 5) is 0.534. The molecular formula is C20H18N2O3S2. The molecule has 2 aromatic carbocycles. The van der Waals surface area contributed by atoms with Crippen molar-refractivity contribution < 1.29 is 12.6 Å². The Balaban J connectivity index is 1.91. The third-order valence-corrected chi connectivity index (χ3v) is 7.14. The maximum Gasteiger partial charge on any atom is 0.298 e. The zero-order chi connectivity index (χ0) is 19.6. The van der Waals surface area contributed by atoms with Crippen molar-refractivity contribution >= 4 is 26.4 Å². The zero-order valence-electron chi connectivity index (χ0n) is 14.8. The highest BCUT2D eigenvalue weighted by molar-refractivity contribution is 7.92. The highest BCUT2D eigenvalue weighted by atomic mass is 32.2. The molecule has 5 nitrogen and oxygen atoms in total. The Morgan fingerprint density at radius 3 is 2.44 bits per heavy atom. The normalized spacial score (nSPS) is 21.1. The Kier molecular flexibility index (Phi) is 5.42. The molecule has 27 heavy (non-hydrogen) atoms. The number of hydrogen-bond donors (Lipinski definition) is 1. The van der Waals surface area contributed by atoms with E-state index in [9.17, 15) is 13.7 Å². The van der Waals surface area contributed by atoms with E-state index in [1.165, 1.54) is 18.2 Å². The fourth-order valence-corrected chi connectivity index (χ4v) is 5.30. The lowest BCUT2D eigenvalue weighted by Gasteiger charge is -2.14. The molecule has 2 unspecified atom stereocenters. The van der Waals surface area contributed by atoms with Crippen LogP contribution in [0.3, 0.4) is 0 Å². The van der Waals surface area contributed by atoms with Gasteiger partial charge in [-0.1, -0.05) is 42.0 Å². The largest absolute Gasteiger partial charge is 0.298 e. The zero-order valence-corrected chi connectivity index (χ0v) is 16.5. The first kappa shape index (κ1) is 19.2. The number of hydrogen-bond acceptors (Lipinski definition) is 5. The van der Waals surface area contributed by atoms with Crippen molar-refractivity contribution in [1.82, 2.24) is 0 Å². The van der Waals surface area contributed by atoms with Crippen molar-refractivity contribution in [2.75, 3.05) is 0 Å². The lowest BCUT2D eigenvalue weighted by molar-refractivity contribution is 0.331. The van der Waals surface area contributed by atoms with E-state index in [1.54, 1.807) is 18.2 Å². The summed E-state index contributed by atoms with van der Waals surface area (Å²) in [6.45, 7) is 3.76. The molecule has 0 bridgehead atoms. The molecule has 0 aliphatic carbocycles. The van der Waals surface area contributed by atoms with Gasteiger partial charge in [0.25, 0.3) is 10.1 Å². The topological polar surface area (TPSA) is 91.0 Å². The molecule has 0 spiro atoms. The molecule has 1 heterocycles. The average Bonchev–Trinajstić information content (AvgIpc) is 2.98. The molecule has 7 heteroatoms. The third kappa shape index (κ3) is 3.93. The summed E-state index contributed by atoms with van der Waals surface area (Å²) in [5.41, 5.74) is 2.03. The quantitative estimate of drug-likeness (QED) is 0.617. The van der Waals surface area contributed by atoms with Gasteiger partial charge < -0.3 is 0 Å². The number of rotatable bonds is 4. The second-order valence-corrected chi connectivity index (χ2v) is 9.25. The van der Waals surface area contributed by atoms with Crippen LogP contribution in [0.5, 0.6) is 0 Å². The van der Waals surface area contributed by atoms with Crippen LogP contribution >= 0.6 is 0 Å². The van der Waals surface area contributed by atoms with Crippen molar-refractivity contribution in [2.45, 2.75) is 24.2 Å². The van der Waals surface area contributed by atoms with E-state index >= 15 is 0 Å². The summed E-state index contributed by atoms with van der Waals surface area (Å²) in [6, 6.07) is 15.9. The van der Waals surface area contributed by atoms with Crippen LogP contribution in [0.25, 0.3) is 5.57 Å². The molecule has 2 aromatic rings. The molecule has 0 saturated heterocycles. The van der Waals surface area contributed by atoms with Gasteiger partial charge in [-0.05, 0) is 60.0 Å². The van der Waals surface area contributed by atoms with Crippen LogP contribution in [-0.2, 0) is 25.0 Å². The molecule has 0 saturated carbocycles. The van der Waals surface area contributed by atoms with Crippen molar-refractivity contribution in [3.05, 3.63) is 82.3 Å². The molecule has 138 valence electrons. The standard InChI is InChI=1S/C20H18N2O3S2/c1-14-7-9-16(10-8-14)27(23,24)25-20-12-11-19(26(20)22)18(13-21)17-6-4-3-5-15(17)2/h3-12,20,22H,1-2H3. The van der Waals surface area contributed by atoms with Gasteiger partial charge in [0, 0.05) is 4.91 Å². The van der Waals surface area contributed by atoms with Crippen LogP contribution in [0.1, 0.15) is 16.7 Å². The Hall–Kier alpha value is -2.53. The predicted molar refractivity (Wildman–Crippen MR) is 106 cm³/mol. The van der Waals surface area contributed by atoms with Crippen LogP contribution in [-0.4, -0.2) is 13.9 Å². The molecule has 0 radical (unpaired) electrons. The first-order chi connectivity index (χ1) is 12.8. The van der Waals surface area contributed by atoms with E-state index in [-0.39, 0.29) is 4.90 Å². The highest BCUT2D eigenvalue weighted by Gasteiger charge is 2.29. The van der Waals surface area contributed by atoms with Crippen molar-refractivity contribution in [3.8, 4) is 6.07 Å². The minimum absolute atomic E-state index is 0.0512. The average molecular weight is 399 g/mol. The van der Waals surface area contributed by atoms with Crippen molar-refractivity contribution in [1.29, 1.82) is 10.0 Å². The minimum atomic E-state index is -3.99. The molecule has 1 aliphatic heterocycles. The van der Waals surface area contributed by atoms with E-state index in [1.807, 2.05) is 38.1 Å². The molecule has 0 aromatic heterocycles. The lowest BCUT2D eigenvalue weighted by atomic mass is 10.0. The fraction of sp³-hybridized carbons (Fsp3) is 0.150. The first-order valence-corrected chi connectivity index (χ1v) is 10.9. The molecular weight excluding hydrogens is 380 g/mol. The van der Waals surface area contributed by atoms with Gasteiger partial charge in [0.05, 0.1) is 10.5 Å². The van der Waals surface area contributed by atoms with Gasteiger partial charge in [0.2, 0.25) is 0 Å². The van der Waals surface area contributed by atoms with Gasteiger partial charge in [0.1, 0.15) is 6.07 Å². The smallest absolute Gasteiger partial charge is 0.273 e. The number of allylic oxidation sites excluding steroid dienone is 2. The fourth-order valence-electron chi connectivity index (χ4n) is 2.69. The van der Waals surface area contributed by atoms with Crippen molar-refractivity contribution in [2.24, 2.45) is 0 Å². The monoisotopic (exact) mass is 398 g/mol. The van der Waals surface area contributed by atoms with Crippen LogP contribution in [0.4, 0.5) is 0 Å². The van der Waals surface area contributed by atoms with Crippen LogP contribution < -0.4 is 0 Å². The van der Waals surface area contributed by atoms with Crippen LogP contribution in [0.2, 0.25) is 0 Å². The Bertz CT molecular complexity index is 1110. The number of nitriles is 1. The maximum absolute atomic E-state index is 12.5.